The van der Waals surface area contributed by atoms with E-state index in [0.29, 0.717) is 12.1 Å². The molecule has 1 fully saturated rings. The number of hydrogen-bond donors (Lipinski definition) is 0. The van der Waals surface area contributed by atoms with Crippen LogP contribution in [0.15, 0.2) is 48.5 Å². The fourth-order valence-electron chi connectivity index (χ4n) is 3.14. The van der Waals surface area contributed by atoms with Crippen LogP contribution in [-0.2, 0) is 0 Å². The zero-order valence-electron chi connectivity index (χ0n) is 12.3. The van der Waals surface area contributed by atoms with Gasteiger partial charge in [0.25, 0.3) is 0 Å². The van der Waals surface area contributed by atoms with E-state index in [0.717, 1.165) is 12.1 Å². The Balaban J connectivity index is 1.88. The summed E-state index contributed by atoms with van der Waals surface area (Å²) in [6.07, 6.45) is 0. The molecule has 2 aromatic carbocycles. The minimum absolute atomic E-state index is 0.0127. The maximum atomic E-state index is 13.1. The number of Topliss-reactive ketones (excluding diaryl/α,β-unsaturated/α-hetero) is 1. The Kier molecular flexibility index (Phi) is 4.03. The molecule has 0 aromatic heterocycles. The van der Waals surface area contributed by atoms with Gasteiger partial charge in [-0.2, -0.15) is 0 Å². The summed E-state index contributed by atoms with van der Waals surface area (Å²) in [7, 11) is 1.97. The molecule has 2 aromatic rings. The first-order chi connectivity index (χ1) is 10.5. The number of benzene rings is 2. The fourth-order valence-corrected chi connectivity index (χ4v) is 3.14. The first-order valence-corrected chi connectivity index (χ1v) is 7.28. The Hall–Kier alpha value is -2.07. The van der Waals surface area contributed by atoms with Crippen LogP contribution in [-0.4, -0.2) is 30.8 Å². The van der Waals surface area contributed by atoms with Crippen LogP contribution < -0.4 is 0 Å². The second-order valence-electron chi connectivity index (χ2n) is 5.86. The van der Waals surface area contributed by atoms with Gasteiger partial charge in [-0.05, 0) is 49.0 Å². The summed E-state index contributed by atoms with van der Waals surface area (Å²) in [6, 6.07) is 12.0. The van der Waals surface area contributed by atoms with Crippen molar-refractivity contribution in [2.45, 2.75) is 5.92 Å². The summed E-state index contributed by atoms with van der Waals surface area (Å²) >= 11 is 0. The molecule has 0 unspecified atom stereocenters. The number of likely N-dealkylation sites (tertiary alicyclic amines) is 1. The van der Waals surface area contributed by atoms with Gasteiger partial charge in [-0.15, -0.1) is 0 Å². The Bertz CT molecular complexity index is 666. The summed E-state index contributed by atoms with van der Waals surface area (Å²) in [5, 5.41) is 0. The lowest BCUT2D eigenvalue weighted by atomic mass is 9.84. The first kappa shape index (κ1) is 14.9. The van der Waals surface area contributed by atoms with Crippen LogP contribution in [0.4, 0.5) is 8.78 Å². The van der Waals surface area contributed by atoms with Crippen molar-refractivity contribution in [3.05, 3.63) is 71.3 Å². The monoisotopic (exact) mass is 301 g/mol. The molecule has 0 aliphatic carbocycles. The van der Waals surface area contributed by atoms with Gasteiger partial charge in [0.05, 0.1) is 0 Å². The molecule has 22 heavy (non-hydrogen) atoms. The summed E-state index contributed by atoms with van der Waals surface area (Å²) < 4.78 is 26.1. The number of carbonyl (C=O) groups excluding carboxylic acids is 1. The smallest absolute Gasteiger partial charge is 0.167 e. The lowest BCUT2D eigenvalue weighted by molar-refractivity contribution is 0.0915. The van der Waals surface area contributed by atoms with E-state index in [2.05, 4.69) is 4.90 Å². The molecule has 0 amide bonds. The molecule has 0 bridgehead atoms. The average Bonchev–Trinajstić information content (AvgIpc) is 2.90. The SMILES string of the molecule is CN1C[C@H](C(=O)c2ccc(F)cc2)[C@@H](c2ccc(F)cc2)C1. The van der Waals surface area contributed by atoms with Gasteiger partial charge >= 0.3 is 0 Å². The van der Waals surface area contributed by atoms with Gasteiger partial charge in [0.1, 0.15) is 11.6 Å². The molecule has 0 spiro atoms. The van der Waals surface area contributed by atoms with Crippen molar-refractivity contribution in [3.63, 3.8) is 0 Å². The molecule has 0 saturated carbocycles. The van der Waals surface area contributed by atoms with Gasteiger partial charge in [-0.1, -0.05) is 12.1 Å². The van der Waals surface area contributed by atoms with Crippen molar-refractivity contribution in [2.24, 2.45) is 5.92 Å². The highest BCUT2D eigenvalue weighted by molar-refractivity contribution is 5.98. The molecule has 2 nitrogen and oxygen atoms in total. The Morgan fingerprint density at radius 1 is 0.955 bits per heavy atom. The van der Waals surface area contributed by atoms with Crippen LogP contribution in [0.3, 0.4) is 0 Å². The molecule has 1 saturated heterocycles. The molecule has 0 radical (unpaired) electrons. The van der Waals surface area contributed by atoms with Crippen LogP contribution >= 0.6 is 0 Å². The van der Waals surface area contributed by atoms with Crippen molar-refractivity contribution in [3.8, 4) is 0 Å². The van der Waals surface area contributed by atoms with Crippen LogP contribution in [0.25, 0.3) is 0 Å². The van der Waals surface area contributed by atoms with Gasteiger partial charge < -0.3 is 4.90 Å². The van der Waals surface area contributed by atoms with Crippen molar-refractivity contribution < 1.29 is 13.6 Å². The average molecular weight is 301 g/mol. The highest BCUT2D eigenvalue weighted by Gasteiger charge is 2.37. The van der Waals surface area contributed by atoms with E-state index in [1.54, 1.807) is 12.1 Å². The zero-order valence-corrected chi connectivity index (χ0v) is 12.3. The predicted molar refractivity (Wildman–Crippen MR) is 80.9 cm³/mol. The number of rotatable bonds is 3. The van der Waals surface area contributed by atoms with Gasteiger partial charge in [-0.3, -0.25) is 4.79 Å². The van der Waals surface area contributed by atoms with E-state index in [-0.39, 0.29) is 29.3 Å². The van der Waals surface area contributed by atoms with E-state index >= 15 is 0 Å². The van der Waals surface area contributed by atoms with Crippen molar-refractivity contribution in [1.29, 1.82) is 0 Å². The normalized spacial score (nSPS) is 22.0. The Labute approximate surface area is 128 Å². The maximum Gasteiger partial charge on any atom is 0.167 e. The molecule has 4 heteroatoms. The summed E-state index contributed by atoms with van der Waals surface area (Å²) in [5.41, 5.74) is 1.49. The summed E-state index contributed by atoms with van der Waals surface area (Å²) in [6.45, 7) is 1.40. The number of halogens is 2. The van der Waals surface area contributed by atoms with Gasteiger partial charge in [-0.25, -0.2) is 8.78 Å². The molecular formula is C18H17F2NO. The van der Waals surface area contributed by atoms with E-state index in [4.69, 9.17) is 0 Å². The first-order valence-electron chi connectivity index (χ1n) is 7.28. The summed E-state index contributed by atoms with van der Waals surface area (Å²) in [5.74, 6) is -0.783. The van der Waals surface area contributed by atoms with Gasteiger partial charge in [0.15, 0.2) is 5.78 Å². The predicted octanol–water partition coefficient (Wildman–Crippen LogP) is 3.49. The van der Waals surface area contributed by atoms with Crippen LogP contribution in [0.2, 0.25) is 0 Å². The minimum atomic E-state index is -0.352. The molecular weight excluding hydrogens is 284 g/mol. The molecule has 1 aliphatic heterocycles. The molecule has 1 aliphatic rings. The Morgan fingerprint density at radius 3 is 2.09 bits per heavy atom. The van der Waals surface area contributed by atoms with Gasteiger partial charge in [0.2, 0.25) is 0 Å². The molecule has 114 valence electrons. The fraction of sp³-hybridized carbons (Fsp3) is 0.278. The zero-order chi connectivity index (χ0) is 15.7. The minimum Gasteiger partial charge on any atom is -0.305 e. The molecule has 2 atom stereocenters. The van der Waals surface area contributed by atoms with E-state index < -0.39 is 0 Å². The second-order valence-corrected chi connectivity index (χ2v) is 5.86. The van der Waals surface area contributed by atoms with Crippen LogP contribution in [0, 0.1) is 17.6 Å². The molecule has 0 N–H and O–H groups in total. The van der Waals surface area contributed by atoms with Crippen molar-refractivity contribution in [1.82, 2.24) is 4.90 Å². The van der Waals surface area contributed by atoms with Gasteiger partial charge in [0, 0.05) is 30.5 Å². The number of nitrogens with zero attached hydrogens (tertiary/aromatic N) is 1. The van der Waals surface area contributed by atoms with E-state index in [1.165, 1.54) is 36.4 Å². The molecule has 1 heterocycles. The number of ketones is 1. The van der Waals surface area contributed by atoms with E-state index in [1.807, 2.05) is 7.05 Å². The highest BCUT2D eigenvalue weighted by atomic mass is 19.1. The van der Waals surface area contributed by atoms with E-state index in [9.17, 15) is 13.6 Å². The van der Waals surface area contributed by atoms with Crippen molar-refractivity contribution in [2.75, 3.05) is 20.1 Å². The largest absolute Gasteiger partial charge is 0.305 e. The lowest BCUT2D eigenvalue weighted by Crippen LogP contribution is -2.22. The number of hydrogen-bond acceptors (Lipinski definition) is 2. The van der Waals surface area contributed by atoms with Crippen LogP contribution in [0.5, 0.6) is 0 Å². The second kappa shape index (κ2) is 5.97. The van der Waals surface area contributed by atoms with Crippen molar-refractivity contribution >= 4 is 5.78 Å². The standard InChI is InChI=1S/C18H17F2NO/c1-21-10-16(12-2-6-14(19)7-3-12)17(11-21)18(22)13-4-8-15(20)9-5-13/h2-9,16-17H,10-11H2,1H3/t16-,17+/m1/s1. The lowest BCUT2D eigenvalue weighted by Gasteiger charge is -2.18. The number of carbonyl (C=O) groups is 1. The third-order valence-electron chi connectivity index (χ3n) is 4.27. The Morgan fingerprint density at radius 2 is 1.50 bits per heavy atom. The third-order valence-corrected chi connectivity index (χ3v) is 4.27. The highest BCUT2D eigenvalue weighted by Crippen LogP contribution is 2.34. The number of likely N-dealkylation sites (N-methyl/N-ethyl adjacent to an activating group) is 1. The third kappa shape index (κ3) is 2.92. The molecule has 3 rings (SSSR count). The van der Waals surface area contributed by atoms with Crippen LogP contribution in [0.1, 0.15) is 21.8 Å². The summed E-state index contributed by atoms with van der Waals surface area (Å²) in [4.78, 5) is 14.8. The maximum absolute atomic E-state index is 13.1. The quantitative estimate of drug-likeness (QED) is 0.809. The topological polar surface area (TPSA) is 20.3 Å².